The molecule has 1 rings (SSSR count). The Labute approximate surface area is 88.3 Å². The van der Waals surface area contributed by atoms with Crippen molar-refractivity contribution in [1.82, 2.24) is 0 Å². The third kappa shape index (κ3) is 1.90. The lowest BCUT2D eigenvalue weighted by molar-refractivity contribution is 0.524. The van der Waals surface area contributed by atoms with Crippen LogP contribution in [0.25, 0.3) is 0 Å². The Bertz CT molecular complexity index is 208. The lowest BCUT2D eigenvalue weighted by atomic mass is 9.81. The van der Waals surface area contributed by atoms with Crippen LogP contribution < -0.4 is 0 Å². The first-order valence-corrected chi connectivity index (χ1v) is 5.84. The molecule has 0 heterocycles. The summed E-state index contributed by atoms with van der Waals surface area (Å²) in [5.41, 5.74) is 2.17. The molecule has 0 amide bonds. The normalized spacial score (nSPS) is 34.2. The summed E-state index contributed by atoms with van der Waals surface area (Å²) in [6.45, 7) is 4.27. The van der Waals surface area contributed by atoms with E-state index in [1.54, 1.807) is 0 Å². The predicted octanol–water partition coefficient (Wildman–Crippen LogP) is 3.58. The van der Waals surface area contributed by atoms with Crippen LogP contribution in [0.15, 0.2) is 11.6 Å². The molecular weight excluding hydrogens is 261 g/mol. The van der Waals surface area contributed by atoms with E-state index >= 15 is 0 Å². The molecule has 0 saturated heterocycles. The molecule has 1 aliphatic rings. The van der Waals surface area contributed by atoms with Crippen LogP contribution in [0.3, 0.4) is 0 Å². The van der Waals surface area contributed by atoms with Gasteiger partial charge in [0.2, 0.25) is 0 Å². The van der Waals surface area contributed by atoms with Crippen molar-refractivity contribution in [2.75, 3.05) is 0 Å². The maximum absolute atomic E-state index is 7.91. The van der Waals surface area contributed by atoms with Gasteiger partial charge < -0.3 is 5.41 Å². The maximum atomic E-state index is 7.91. The average Bonchev–Trinajstić information content (AvgIpc) is 2.09. The maximum Gasteiger partial charge on any atom is 0.0528 e. The largest absolute Gasteiger partial charge is 0.304 e. The van der Waals surface area contributed by atoms with Gasteiger partial charge in [-0.05, 0) is 37.7 Å². The molecule has 2 atom stereocenters. The van der Waals surface area contributed by atoms with Gasteiger partial charge in [-0.3, -0.25) is 0 Å². The van der Waals surface area contributed by atoms with E-state index in [9.17, 15) is 0 Å². The molecule has 0 radical (unpaired) electrons. The second-order valence-electron chi connectivity index (χ2n) is 3.31. The number of nitrogens with one attached hydrogen (secondary N) is 1. The fourth-order valence-electron chi connectivity index (χ4n) is 1.86. The van der Waals surface area contributed by atoms with E-state index in [-0.39, 0.29) is 0 Å². The molecule has 1 nitrogen and oxygen atoms in total. The van der Waals surface area contributed by atoms with Crippen molar-refractivity contribution in [2.24, 2.45) is 5.92 Å². The van der Waals surface area contributed by atoms with Gasteiger partial charge in [0, 0.05) is 5.71 Å². The van der Waals surface area contributed by atoms with Gasteiger partial charge in [-0.25, -0.2) is 0 Å². The van der Waals surface area contributed by atoms with Crippen molar-refractivity contribution in [3.05, 3.63) is 11.6 Å². The van der Waals surface area contributed by atoms with Gasteiger partial charge in [-0.15, -0.1) is 0 Å². The highest BCUT2D eigenvalue weighted by atomic mass is 127. The first kappa shape index (κ1) is 10.2. The highest BCUT2D eigenvalue weighted by molar-refractivity contribution is 14.1. The van der Waals surface area contributed by atoms with Crippen LogP contribution >= 0.6 is 22.6 Å². The van der Waals surface area contributed by atoms with Crippen LogP contribution in [0.2, 0.25) is 0 Å². The zero-order valence-electron chi connectivity index (χ0n) is 7.73. The summed E-state index contributed by atoms with van der Waals surface area (Å²) in [6.07, 6.45) is 5.77. The van der Waals surface area contributed by atoms with Crippen molar-refractivity contribution < 1.29 is 0 Å². The third-order valence-corrected chi connectivity index (χ3v) is 3.88. The molecule has 0 bridgehead atoms. The Hall–Kier alpha value is 0.140. The van der Waals surface area contributed by atoms with Gasteiger partial charge in [0.1, 0.15) is 0 Å². The van der Waals surface area contributed by atoms with Gasteiger partial charge >= 0.3 is 0 Å². The van der Waals surface area contributed by atoms with E-state index in [1.807, 2.05) is 0 Å². The summed E-state index contributed by atoms with van der Waals surface area (Å²) in [5, 5.41) is 7.91. The molecule has 0 spiro atoms. The highest BCUT2D eigenvalue weighted by Gasteiger charge is 2.26. The molecule has 2 unspecified atom stereocenters. The van der Waals surface area contributed by atoms with Crippen LogP contribution in [0.4, 0.5) is 0 Å². The van der Waals surface area contributed by atoms with Crippen molar-refractivity contribution in [3.8, 4) is 0 Å². The number of alkyl halides is 1. The SMILES string of the molecule is C/C=C1\C(=N)C(I)CCC1CC. The molecule has 1 fully saturated rings. The first-order valence-electron chi connectivity index (χ1n) is 4.59. The summed E-state index contributed by atoms with van der Waals surface area (Å²) < 4.78 is 0.455. The van der Waals surface area contributed by atoms with Crippen LogP contribution in [0, 0.1) is 11.3 Å². The number of allylic oxidation sites excluding steroid dienone is 2. The van der Waals surface area contributed by atoms with Gasteiger partial charge in [0.15, 0.2) is 0 Å². The van der Waals surface area contributed by atoms with Crippen LogP contribution in [-0.2, 0) is 0 Å². The zero-order chi connectivity index (χ0) is 9.14. The Kier molecular flexibility index (Phi) is 3.75. The minimum absolute atomic E-state index is 0.455. The van der Waals surface area contributed by atoms with E-state index in [1.165, 1.54) is 24.8 Å². The molecule has 1 saturated carbocycles. The van der Waals surface area contributed by atoms with E-state index in [4.69, 9.17) is 5.41 Å². The Balaban J connectivity index is 2.79. The molecule has 1 N–H and O–H groups in total. The smallest absolute Gasteiger partial charge is 0.0528 e. The lowest BCUT2D eigenvalue weighted by Gasteiger charge is -2.28. The van der Waals surface area contributed by atoms with Crippen molar-refractivity contribution >= 4 is 28.3 Å². The van der Waals surface area contributed by atoms with Crippen molar-refractivity contribution in [1.29, 1.82) is 5.41 Å². The number of halogens is 1. The molecule has 68 valence electrons. The second-order valence-corrected chi connectivity index (χ2v) is 4.81. The summed E-state index contributed by atoms with van der Waals surface area (Å²) >= 11 is 2.38. The van der Waals surface area contributed by atoms with Gasteiger partial charge in [0.25, 0.3) is 0 Å². The fraction of sp³-hybridized carbons (Fsp3) is 0.700. The summed E-state index contributed by atoms with van der Waals surface area (Å²) in [7, 11) is 0. The van der Waals surface area contributed by atoms with Crippen LogP contribution in [-0.4, -0.2) is 9.64 Å². The van der Waals surface area contributed by atoms with Gasteiger partial charge in [0.05, 0.1) is 3.92 Å². The number of hydrogen-bond donors (Lipinski definition) is 1. The predicted molar refractivity (Wildman–Crippen MR) is 62.3 cm³/mol. The summed E-state index contributed by atoms with van der Waals surface area (Å²) in [4.78, 5) is 0. The minimum Gasteiger partial charge on any atom is -0.304 e. The molecular formula is C10H16IN. The Morgan fingerprint density at radius 1 is 1.58 bits per heavy atom. The standard InChI is InChI=1S/C10H16IN/c1-3-7-5-6-9(11)10(12)8(7)4-2/h4,7,9,12H,3,5-6H2,1-2H3/b8-4-,12-10?. The van der Waals surface area contributed by atoms with Crippen LogP contribution in [0.1, 0.15) is 33.1 Å². The molecule has 12 heavy (non-hydrogen) atoms. The number of hydrogen-bond acceptors (Lipinski definition) is 1. The summed E-state index contributed by atoms with van der Waals surface area (Å²) in [5.74, 6) is 0.661. The summed E-state index contributed by atoms with van der Waals surface area (Å²) in [6, 6.07) is 0. The molecule has 0 aromatic rings. The topological polar surface area (TPSA) is 23.9 Å². The third-order valence-electron chi connectivity index (χ3n) is 2.64. The van der Waals surface area contributed by atoms with E-state index in [0.717, 1.165) is 5.71 Å². The average molecular weight is 277 g/mol. The van der Waals surface area contributed by atoms with E-state index in [0.29, 0.717) is 9.84 Å². The Morgan fingerprint density at radius 3 is 2.75 bits per heavy atom. The van der Waals surface area contributed by atoms with Gasteiger partial charge in [-0.1, -0.05) is 35.6 Å². The van der Waals surface area contributed by atoms with Gasteiger partial charge in [-0.2, -0.15) is 0 Å². The molecule has 0 aromatic carbocycles. The molecule has 0 aliphatic heterocycles. The molecule has 1 aliphatic carbocycles. The minimum atomic E-state index is 0.455. The van der Waals surface area contributed by atoms with Crippen molar-refractivity contribution in [3.63, 3.8) is 0 Å². The second kappa shape index (κ2) is 4.40. The van der Waals surface area contributed by atoms with Crippen LogP contribution in [0.5, 0.6) is 0 Å². The Morgan fingerprint density at radius 2 is 2.25 bits per heavy atom. The van der Waals surface area contributed by atoms with Crippen molar-refractivity contribution in [2.45, 2.75) is 37.0 Å². The number of rotatable bonds is 1. The first-order chi connectivity index (χ1) is 5.70. The molecule has 2 heteroatoms. The van der Waals surface area contributed by atoms with E-state index in [2.05, 4.69) is 42.5 Å². The van der Waals surface area contributed by atoms with E-state index < -0.39 is 0 Å². The fourth-order valence-corrected chi connectivity index (χ4v) is 2.58. The monoisotopic (exact) mass is 277 g/mol. The highest BCUT2D eigenvalue weighted by Crippen LogP contribution is 2.32. The quantitative estimate of drug-likeness (QED) is 0.559. The lowest BCUT2D eigenvalue weighted by Crippen LogP contribution is -2.27. The zero-order valence-corrected chi connectivity index (χ0v) is 9.89. The molecule has 0 aromatic heterocycles.